The molecule has 0 aliphatic rings. The monoisotopic (exact) mass is 255 g/mol. The van der Waals surface area contributed by atoms with Crippen LogP contribution in [0.5, 0.6) is 0 Å². The van der Waals surface area contributed by atoms with Gasteiger partial charge >= 0.3 is 6.03 Å². The zero-order valence-electron chi connectivity index (χ0n) is 10.2. The Labute approximate surface area is 104 Å². The highest BCUT2D eigenvalue weighted by Crippen LogP contribution is 2.08. The van der Waals surface area contributed by atoms with Gasteiger partial charge in [-0.15, -0.1) is 0 Å². The molecular formula is C12H15F2N3O. The minimum Gasteiger partial charge on any atom is -0.331 e. The van der Waals surface area contributed by atoms with E-state index in [1.807, 2.05) is 36.5 Å². The molecule has 0 heterocycles. The quantitative estimate of drug-likeness (QED) is 0.629. The van der Waals surface area contributed by atoms with E-state index in [-0.39, 0.29) is 0 Å². The van der Waals surface area contributed by atoms with E-state index in [0.29, 0.717) is 0 Å². The first kappa shape index (κ1) is 14.1. The van der Waals surface area contributed by atoms with E-state index in [1.54, 1.807) is 0 Å². The van der Waals surface area contributed by atoms with Crippen LogP contribution in [0.3, 0.4) is 0 Å². The molecule has 0 saturated carbocycles. The summed E-state index contributed by atoms with van der Waals surface area (Å²) in [6.07, 6.45) is 1.44. The van der Waals surface area contributed by atoms with Crippen LogP contribution in [0.15, 0.2) is 29.4 Å². The number of hydrogen-bond donors (Lipinski definition) is 2. The number of aryl methyl sites for hydroxylation is 1. The van der Waals surface area contributed by atoms with Crippen LogP contribution in [0, 0.1) is 6.92 Å². The molecule has 18 heavy (non-hydrogen) atoms. The lowest BCUT2D eigenvalue weighted by molar-refractivity contribution is 0.0253. The molecule has 6 heteroatoms. The van der Waals surface area contributed by atoms with E-state index in [1.165, 1.54) is 6.21 Å². The van der Waals surface area contributed by atoms with Gasteiger partial charge in [0.15, 0.2) is 0 Å². The Hall–Kier alpha value is -1.98. The van der Waals surface area contributed by atoms with Crippen LogP contribution in [-0.2, 0) is 0 Å². The summed E-state index contributed by atoms with van der Waals surface area (Å²) in [6.45, 7) is 1.93. The number of hydrazone groups is 1. The molecule has 1 aromatic rings. The largest absolute Gasteiger partial charge is 0.335 e. The minimum atomic E-state index is -2.93. The summed E-state index contributed by atoms with van der Waals surface area (Å²) in [5, 5.41) is 5.66. The average molecular weight is 255 g/mol. The van der Waals surface area contributed by atoms with Crippen molar-refractivity contribution in [1.82, 2.24) is 10.7 Å². The summed E-state index contributed by atoms with van der Waals surface area (Å²) in [6, 6.07) is 6.72. The second kappa shape index (κ2) is 6.09. The van der Waals surface area contributed by atoms with Gasteiger partial charge in [0.25, 0.3) is 5.92 Å². The lowest BCUT2D eigenvalue weighted by Gasteiger charge is -2.10. The number of hydrogen-bond acceptors (Lipinski definition) is 2. The molecule has 0 radical (unpaired) electrons. The molecule has 0 bridgehead atoms. The molecule has 1 aromatic carbocycles. The molecule has 0 atom stereocenters. The van der Waals surface area contributed by atoms with E-state index in [9.17, 15) is 13.6 Å². The highest BCUT2D eigenvalue weighted by molar-refractivity contribution is 5.82. The number of carbonyl (C=O) groups excluding carboxylic acids is 1. The third kappa shape index (κ3) is 5.93. The first-order chi connectivity index (χ1) is 8.37. The Morgan fingerprint density at radius 1 is 1.50 bits per heavy atom. The average Bonchev–Trinajstić information content (AvgIpc) is 2.25. The molecule has 0 fully saturated rings. The molecule has 0 saturated heterocycles. The standard InChI is InChI=1S/C12H15F2N3O/c1-9-4-3-5-10(6-9)7-16-17-11(18)15-8-12(2,13)14/h3-7H,8H2,1-2H3,(H2,15,17,18)/b16-7+. The van der Waals surface area contributed by atoms with Gasteiger partial charge in [-0.05, 0) is 12.5 Å². The number of nitrogens with zero attached hydrogens (tertiary/aromatic N) is 1. The SMILES string of the molecule is Cc1cccc(/C=N/NC(=O)NCC(C)(F)F)c1. The zero-order valence-corrected chi connectivity index (χ0v) is 10.2. The van der Waals surface area contributed by atoms with E-state index in [0.717, 1.165) is 18.1 Å². The van der Waals surface area contributed by atoms with Crippen molar-refractivity contribution in [2.24, 2.45) is 5.10 Å². The predicted molar refractivity (Wildman–Crippen MR) is 65.9 cm³/mol. The van der Waals surface area contributed by atoms with Crippen LogP contribution in [0.2, 0.25) is 0 Å². The fourth-order valence-electron chi connectivity index (χ4n) is 1.19. The molecule has 98 valence electrons. The van der Waals surface area contributed by atoms with Crippen LogP contribution in [0.4, 0.5) is 13.6 Å². The van der Waals surface area contributed by atoms with Gasteiger partial charge in [-0.1, -0.05) is 29.8 Å². The highest BCUT2D eigenvalue weighted by Gasteiger charge is 2.21. The Morgan fingerprint density at radius 3 is 2.83 bits per heavy atom. The summed E-state index contributed by atoms with van der Waals surface area (Å²) in [5.41, 5.74) is 3.99. The molecule has 0 aliphatic heterocycles. The summed E-state index contributed by atoms with van der Waals surface area (Å²) < 4.78 is 24.9. The first-order valence-electron chi connectivity index (χ1n) is 5.38. The number of halogens is 2. The van der Waals surface area contributed by atoms with Gasteiger partial charge in [0.05, 0.1) is 12.8 Å². The third-order valence-corrected chi connectivity index (χ3v) is 1.98. The third-order valence-electron chi connectivity index (χ3n) is 1.98. The molecule has 0 spiro atoms. The van der Waals surface area contributed by atoms with Crippen molar-refractivity contribution < 1.29 is 13.6 Å². The van der Waals surface area contributed by atoms with Crippen molar-refractivity contribution in [3.63, 3.8) is 0 Å². The first-order valence-corrected chi connectivity index (χ1v) is 5.38. The summed E-state index contributed by atoms with van der Waals surface area (Å²) in [4.78, 5) is 11.1. The highest BCUT2D eigenvalue weighted by atomic mass is 19.3. The molecule has 0 aliphatic carbocycles. The van der Waals surface area contributed by atoms with Gasteiger partial charge in [-0.3, -0.25) is 0 Å². The van der Waals surface area contributed by atoms with E-state index in [2.05, 4.69) is 10.5 Å². The topological polar surface area (TPSA) is 53.5 Å². The van der Waals surface area contributed by atoms with Crippen molar-refractivity contribution in [3.8, 4) is 0 Å². The second-order valence-electron chi connectivity index (χ2n) is 4.04. The predicted octanol–water partition coefficient (Wildman–Crippen LogP) is 2.28. The van der Waals surface area contributed by atoms with Gasteiger partial charge in [0.1, 0.15) is 0 Å². The molecule has 2 amide bonds. The maximum absolute atomic E-state index is 12.4. The number of urea groups is 1. The number of alkyl halides is 2. The molecule has 0 aromatic heterocycles. The molecule has 0 unspecified atom stereocenters. The molecule has 4 nitrogen and oxygen atoms in total. The maximum Gasteiger partial charge on any atom is 0.335 e. The van der Waals surface area contributed by atoms with E-state index < -0.39 is 18.5 Å². The van der Waals surface area contributed by atoms with E-state index >= 15 is 0 Å². The Morgan fingerprint density at radius 2 is 2.22 bits per heavy atom. The zero-order chi connectivity index (χ0) is 13.6. The minimum absolute atomic E-state index is 0.723. The maximum atomic E-state index is 12.4. The van der Waals surface area contributed by atoms with Crippen LogP contribution in [-0.4, -0.2) is 24.7 Å². The van der Waals surface area contributed by atoms with Gasteiger partial charge in [0.2, 0.25) is 0 Å². The van der Waals surface area contributed by atoms with Crippen LogP contribution in [0.1, 0.15) is 18.1 Å². The molecule has 1 rings (SSSR count). The summed E-state index contributed by atoms with van der Waals surface area (Å²) >= 11 is 0. The van der Waals surface area contributed by atoms with Crippen molar-refractivity contribution in [2.45, 2.75) is 19.8 Å². The molecule has 2 N–H and O–H groups in total. The lowest BCUT2D eigenvalue weighted by Crippen LogP contribution is -2.39. The number of amides is 2. The fraction of sp³-hybridized carbons (Fsp3) is 0.333. The van der Waals surface area contributed by atoms with Gasteiger partial charge in [-0.25, -0.2) is 19.0 Å². The number of carbonyl (C=O) groups is 1. The second-order valence-corrected chi connectivity index (χ2v) is 4.04. The van der Waals surface area contributed by atoms with Gasteiger partial charge < -0.3 is 5.32 Å². The van der Waals surface area contributed by atoms with Crippen LogP contribution < -0.4 is 10.7 Å². The number of benzene rings is 1. The van der Waals surface area contributed by atoms with Gasteiger partial charge in [0, 0.05) is 6.92 Å². The normalized spacial score (nSPS) is 11.6. The summed E-state index contributed by atoms with van der Waals surface area (Å²) in [7, 11) is 0. The lowest BCUT2D eigenvalue weighted by atomic mass is 10.2. The smallest absolute Gasteiger partial charge is 0.331 e. The van der Waals surface area contributed by atoms with E-state index in [4.69, 9.17) is 0 Å². The van der Waals surface area contributed by atoms with Crippen LogP contribution in [0.25, 0.3) is 0 Å². The van der Waals surface area contributed by atoms with Crippen molar-refractivity contribution in [3.05, 3.63) is 35.4 Å². The Kier molecular flexibility index (Phi) is 4.76. The van der Waals surface area contributed by atoms with Crippen molar-refractivity contribution >= 4 is 12.2 Å². The fourth-order valence-corrected chi connectivity index (χ4v) is 1.19. The van der Waals surface area contributed by atoms with Crippen LogP contribution >= 0.6 is 0 Å². The van der Waals surface area contributed by atoms with Gasteiger partial charge in [-0.2, -0.15) is 5.10 Å². The summed E-state index contributed by atoms with van der Waals surface area (Å²) in [5.74, 6) is -2.93. The Bertz CT molecular complexity index is 441. The Balaban J connectivity index is 2.39. The molecular weight excluding hydrogens is 240 g/mol. The number of rotatable bonds is 4. The number of nitrogens with one attached hydrogen (secondary N) is 2. The van der Waals surface area contributed by atoms with Crippen molar-refractivity contribution in [2.75, 3.05) is 6.54 Å². The van der Waals surface area contributed by atoms with Crippen molar-refractivity contribution in [1.29, 1.82) is 0 Å².